The maximum Gasteiger partial charge on any atom is 0.240 e. The van der Waals surface area contributed by atoms with E-state index in [1.807, 2.05) is 0 Å². The lowest BCUT2D eigenvalue weighted by Crippen LogP contribution is -2.21. The fourth-order valence-electron chi connectivity index (χ4n) is 2.84. The second-order valence-electron chi connectivity index (χ2n) is 6.15. The lowest BCUT2D eigenvalue weighted by atomic mass is 10.1. The number of halogens is 1. The molecule has 1 N–H and O–H groups in total. The minimum atomic E-state index is -2.98. The summed E-state index contributed by atoms with van der Waals surface area (Å²) in [6.07, 6.45) is 2.92. The summed E-state index contributed by atoms with van der Waals surface area (Å²) >= 11 is 6.19. The van der Waals surface area contributed by atoms with Crippen LogP contribution in [0.25, 0.3) is 0 Å². The average Bonchev–Trinajstić information content (AvgIpc) is 2.73. The van der Waals surface area contributed by atoms with Crippen LogP contribution in [-0.2, 0) is 14.6 Å². The number of amides is 1. The van der Waals surface area contributed by atoms with Gasteiger partial charge in [-0.3, -0.25) is 4.79 Å². The van der Waals surface area contributed by atoms with Gasteiger partial charge in [0.05, 0.1) is 36.0 Å². The smallest absolute Gasteiger partial charge is 0.240 e. The van der Waals surface area contributed by atoms with Crippen molar-refractivity contribution in [3.63, 3.8) is 0 Å². The number of sulfone groups is 1. The zero-order valence-electron chi connectivity index (χ0n) is 13.5. The number of hydrogen-bond donors (Lipinski definition) is 1. The summed E-state index contributed by atoms with van der Waals surface area (Å²) in [4.78, 5) is 11.9. The molecule has 3 rings (SSSR count). The van der Waals surface area contributed by atoms with Crippen LogP contribution in [0.4, 0.5) is 0 Å². The minimum Gasteiger partial charge on any atom is -0.489 e. The van der Waals surface area contributed by atoms with Crippen molar-refractivity contribution < 1.29 is 22.7 Å². The van der Waals surface area contributed by atoms with Gasteiger partial charge in [-0.2, -0.15) is 5.10 Å². The first-order valence-electron chi connectivity index (χ1n) is 8.04. The molecule has 2 aliphatic rings. The average molecular weight is 387 g/mol. The molecule has 0 unspecified atom stereocenters. The zero-order valence-corrected chi connectivity index (χ0v) is 15.1. The van der Waals surface area contributed by atoms with Crippen molar-refractivity contribution in [1.82, 2.24) is 5.43 Å². The monoisotopic (exact) mass is 386 g/mol. The molecule has 1 saturated heterocycles. The Balaban J connectivity index is 1.58. The van der Waals surface area contributed by atoms with Gasteiger partial charge in [0.15, 0.2) is 21.3 Å². The number of rotatable bonds is 4. The number of hydrogen-bond acceptors (Lipinski definition) is 6. The number of nitrogens with one attached hydrogen (secondary N) is 1. The fourth-order valence-corrected chi connectivity index (χ4v) is 4.98. The number of carbonyl (C=O) groups is 1. The molecule has 0 aromatic heterocycles. The number of carbonyl (C=O) groups excluding carboxylic acids is 1. The molecule has 9 heteroatoms. The van der Waals surface area contributed by atoms with Crippen LogP contribution in [-0.4, -0.2) is 45.3 Å². The Morgan fingerprint density at radius 1 is 1.36 bits per heavy atom. The van der Waals surface area contributed by atoms with Gasteiger partial charge in [-0.25, -0.2) is 13.8 Å². The molecular formula is C16H19ClN2O5S. The van der Waals surface area contributed by atoms with E-state index < -0.39 is 9.84 Å². The van der Waals surface area contributed by atoms with Crippen molar-refractivity contribution in [2.75, 3.05) is 24.7 Å². The SMILES string of the molecule is O=C(C[C@@H]1CCS(=O)(=O)C1)N/N=C\c1cc(Cl)c2c(c1)OCCCO2. The predicted molar refractivity (Wildman–Crippen MR) is 94.2 cm³/mol. The Bertz CT molecular complexity index is 794. The van der Waals surface area contributed by atoms with Gasteiger partial charge in [0, 0.05) is 12.8 Å². The van der Waals surface area contributed by atoms with E-state index in [0.717, 1.165) is 6.42 Å². The lowest BCUT2D eigenvalue weighted by molar-refractivity contribution is -0.121. The van der Waals surface area contributed by atoms with E-state index in [4.69, 9.17) is 21.1 Å². The maximum absolute atomic E-state index is 11.9. The molecule has 0 saturated carbocycles. The Labute approximate surface area is 151 Å². The first-order chi connectivity index (χ1) is 11.9. The van der Waals surface area contributed by atoms with E-state index >= 15 is 0 Å². The Kier molecular flexibility index (Phi) is 5.48. The van der Waals surface area contributed by atoms with E-state index in [2.05, 4.69) is 10.5 Å². The molecule has 25 heavy (non-hydrogen) atoms. The number of ether oxygens (including phenoxy) is 2. The van der Waals surface area contributed by atoms with Crippen molar-refractivity contribution in [2.45, 2.75) is 19.3 Å². The Hall–Kier alpha value is -1.80. The molecule has 0 bridgehead atoms. The van der Waals surface area contributed by atoms with Crippen molar-refractivity contribution in [1.29, 1.82) is 0 Å². The Morgan fingerprint density at radius 2 is 2.16 bits per heavy atom. The molecule has 136 valence electrons. The lowest BCUT2D eigenvalue weighted by Gasteiger charge is -2.09. The zero-order chi connectivity index (χ0) is 17.9. The van der Waals surface area contributed by atoms with E-state index in [9.17, 15) is 13.2 Å². The van der Waals surface area contributed by atoms with Gasteiger partial charge in [0.25, 0.3) is 0 Å². The van der Waals surface area contributed by atoms with Crippen LogP contribution in [0.1, 0.15) is 24.8 Å². The first-order valence-corrected chi connectivity index (χ1v) is 10.2. The number of nitrogens with zero attached hydrogens (tertiary/aromatic N) is 1. The van der Waals surface area contributed by atoms with Gasteiger partial charge >= 0.3 is 0 Å². The first kappa shape index (κ1) is 18.0. The van der Waals surface area contributed by atoms with Crippen molar-refractivity contribution >= 4 is 33.6 Å². The topological polar surface area (TPSA) is 94.1 Å². The van der Waals surface area contributed by atoms with Gasteiger partial charge < -0.3 is 9.47 Å². The van der Waals surface area contributed by atoms with Crippen LogP contribution in [0.15, 0.2) is 17.2 Å². The summed E-state index contributed by atoms with van der Waals surface area (Å²) in [5, 5.41) is 4.32. The van der Waals surface area contributed by atoms with Gasteiger partial charge in [-0.1, -0.05) is 11.6 Å². The molecule has 1 amide bonds. The summed E-state index contributed by atoms with van der Waals surface area (Å²) in [6, 6.07) is 3.42. The molecule has 0 radical (unpaired) electrons. The molecule has 0 aliphatic carbocycles. The molecule has 1 aromatic rings. The number of fused-ring (bicyclic) bond motifs is 1. The molecule has 7 nitrogen and oxygen atoms in total. The van der Waals surface area contributed by atoms with Crippen LogP contribution >= 0.6 is 11.6 Å². The van der Waals surface area contributed by atoms with E-state index in [1.165, 1.54) is 6.21 Å². The number of hydrazone groups is 1. The highest BCUT2D eigenvalue weighted by atomic mass is 35.5. The molecule has 2 aliphatic heterocycles. The summed E-state index contributed by atoms with van der Waals surface area (Å²) in [7, 11) is -2.98. The molecule has 1 aromatic carbocycles. The quantitative estimate of drug-likeness (QED) is 0.628. The van der Waals surface area contributed by atoms with E-state index in [1.54, 1.807) is 12.1 Å². The van der Waals surface area contributed by atoms with Crippen molar-refractivity contribution in [3.05, 3.63) is 22.7 Å². The highest BCUT2D eigenvalue weighted by Gasteiger charge is 2.29. The minimum absolute atomic E-state index is 0.0713. The third-order valence-corrected chi connectivity index (χ3v) is 6.15. The Morgan fingerprint density at radius 3 is 2.92 bits per heavy atom. The molecule has 1 fully saturated rings. The summed E-state index contributed by atoms with van der Waals surface area (Å²) < 4.78 is 33.9. The summed E-state index contributed by atoms with van der Waals surface area (Å²) in [5.41, 5.74) is 3.08. The maximum atomic E-state index is 11.9. The fraction of sp³-hybridized carbons (Fsp3) is 0.500. The van der Waals surface area contributed by atoms with Crippen LogP contribution in [0, 0.1) is 5.92 Å². The highest BCUT2D eigenvalue weighted by Crippen LogP contribution is 2.37. The second kappa shape index (κ2) is 7.61. The molecular weight excluding hydrogens is 368 g/mol. The van der Waals surface area contributed by atoms with E-state index in [0.29, 0.717) is 41.7 Å². The summed E-state index contributed by atoms with van der Waals surface area (Å²) in [5.74, 6) is 0.856. The molecule has 2 heterocycles. The van der Waals surface area contributed by atoms with Crippen LogP contribution in [0.2, 0.25) is 5.02 Å². The third-order valence-electron chi connectivity index (χ3n) is 4.03. The van der Waals surface area contributed by atoms with Crippen molar-refractivity contribution in [2.24, 2.45) is 11.0 Å². The second-order valence-corrected chi connectivity index (χ2v) is 8.78. The van der Waals surface area contributed by atoms with Crippen LogP contribution < -0.4 is 14.9 Å². The number of benzene rings is 1. The highest BCUT2D eigenvalue weighted by molar-refractivity contribution is 7.91. The van der Waals surface area contributed by atoms with Crippen LogP contribution in [0.5, 0.6) is 11.5 Å². The van der Waals surface area contributed by atoms with E-state index in [-0.39, 0.29) is 29.8 Å². The van der Waals surface area contributed by atoms with Crippen LogP contribution in [0.3, 0.4) is 0 Å². The van der Waals surface area contributed by atoms with Gasteiger partial charge in [0.1, 0.15) is 0 Å². The normalized spacial score (nSPS) is 21.9. The van der Waals surface area contributed by atoms with Gasteiger partial charge in [-0.15, -0.1) is 0 Å². The predicted octanol–water partition coefficient (Wildman–Crippen LogP) is 1.78. The van der Waals surface area contributed by atoms with Gasteiger partial charge in [-0.05, 0) is 30.0 Å². The molecule has 0 spiro atoms. The standard InChI is InChI=1S/C16H19ClN2O5S/c17-13-6-12(7-14-16(13)24-4-1-3-23-14)9-18-19-15(20)8-11-2-5-25(21,22)10-11/h6-7,9,11H,1-5,8,10H2,(H,19,20)/b18-9-/t11-/m0/s1. The van der Waals surface area contributed by atoms with Gasteiger partial charge in [0.2, 0.25) is 5.91 Å². The third kappa shape index (κ3) is 4.85. The molecule has 1 atom stereocenters. The largest absolute Gasteiger partial charge is 0.489 e. The summed E-state index contributed by atoms with van der Waals surface area (Å²) in [6.45, 7) is 1.10. The van der Waals surface area contributed by atoms with Crippen molar-refractivity contribution in [3.8, 4) is 11.5 Å².